The number of hydrogen-bond donors (Lipinski definition) is 0. The zero-order valence-corrected chi connectivity index (χ0v) is 18.0. The molecule has 0 amide bonds. The molecule has 0 spiro atoms. The highest BCUT2D eigenvalue weighted by Crippen LogP contribution is 2.46. The average Bonchev–Trinajstić information content (AvgIpc) is 2.91. The molecule has 2 aromatic heterocycles. The molecule has 0 atom stereocenters. The van der Waals surface area contributed by atoms with Gasteiger partial charge in [0.05, 0.1) is 12.1 Å². The van der Waals surface area contributed by atoms with E-state index in [9.17, 15) is 5.26 Å². The fourth-order valence-corrected chi connectivity index (χ4v) is 4.82. The second-order valence-corrected chi connectivity index (χ2v) is 8.12. The average molecular weight is 432 g/mol. The number of aromatic nitrogens is 2. The first-order valence-corrected chi connectivity index (χ1v) is 10.8. The molecule has 0 aliphatic rings. The minimum Gasteiger partial charge on any atom is -0.276 e. The lowest BCUT2D eigenvalue weighted by molar-refractivity contribution is 1.31. The lowest BCUT2D eigenvalue weighted by Gasteiger charge is -2.19. The van der Waals surface area contributed by atoms with E-state index in [1.54, 1.807) is 12.4 Å². The number of fused-ring (bicyclic) bond motifs is 4. The van der Waals surface area contributed by atoms with Gasteiger partial charge in [-0.25, -0.2) is 4.85 Å². The first-order valence-electron chi connectivity index (χ1n) is 10.8. The highest BCUT2D eigenvalue weighted by molar-refractivity contribution is 6.27. The van der Waals surface area contributed by atoms with Crippen LogP contribution in [0.25, 0.3) is 59.4 Å². The standard InChI is InChI=1S/C30H16N4/c1-32-23-13-22(17-34-18-23)29-26-9-5-4-8-25(26)28(21-12-19(14-31)15-33-16-21)27-11-10-20-6-2-3-7-24(20)30(27)29/h2-13,15-18H. The van der Waals surface area contributed by atoms with Crippen LogP contribution in [-0.2, 0) is 0 Å². The van der Waals surface area contributed by atoms with Gasteiger partial charge in [-0.15, -0.1) is 0 Å². The molecule has 4 nitrogen and oxygen atoms in total. The highest BCUT2D eigenvalue weighted by Gasteiger charge is 2.19. The summed E-state index contributed by atoms with van der Waals surface area (Å²) in [7, 11) is 0. The summed E-state index contributed by atoms with van der Waals surface area (Å²) in [5.74, 6) is 0. The monoisotopic (exact) mass is 432 g/mol. The summed E-state index contributed by atoms with van der Waals surface area (Å²) >= 11 is 0. The van der Waals surface area contributed by atoms with Crippen molar-refractivity contribution >= 4 is 38.0 Å². The summed E-state index contributed by atoms with van der Waals surface area (Å²) in [5, 5.41) is 16.0. The summed E-state index contributed by atoms with van der Waals surface area (Å²) < 4.78 is 0. The number of nitriles is 1. The van der Waals surface area contributed by atoms with Crippen molar-refractivity contribution < 1.29 is 0 Å². The van der Waals surface area contributed by atoms with Crippen LogP contribution in [0.3, 0.4) is 0 Å². The third-order valence-corrected chi connectivity index (χ3v) is 6.21. The van der Waals surface area contributed by atoms with Crippen LogP contribution in [0.1, 0.15) is 5.56 Å². The molecule has 156 valence electrons. The number of rotatable bonds is 2. The molecule has 0 saturated heterocycles. The normalized spacial score (nSPS) is 10.9. The van der Waals surface area contributed by atoms with Gasteiger partial charge < -0.3 is 0 Å². The molecule has 4 aromatic carbocycles. The molecule has 6 rings (SSSR count). The quantitative estimate of drug-likeness (QED) is 0.160. The minimum absolute atomic E-state index is 0.505. The maximum absolute atomic E-state index is 9.50. The van der Waals surface area contributed by atoms with Crippen LogP contribution in [0.4, 0.5) is 5.69 Å². The lowest BCUT2D eigenvalue weighted by atomic mass is 9.84. The van der Waals surface area contributed by atoms with E-state index in [0.29, 0.717) is 11.3 Å². The van der Waals surface area contributed by atoms with Crippen LogP contribution in [0, 0.1) is 17.9 Å². The molecule has 4 heteroatoms. The van der Waals surface area contributed by atoms with Crippen LogP contribution in [0.5, 0.6) is 0 Å². The van der Waals surface area contributed by atoms with Gasteiger partial charge in [0.2, 0.25) is 5.69 Å². The van der Waals surface area contributed by atoms with E-state index in [4.69, 9.17) is 6.57 Å². The molecule has 0 bridgehead atoms. The van der Waals surface area contributed by atoms with Crippen molar-refractivity contribution in [3.63, 3.8) is 0 Å². The predicted molar refractivity (Wildman–Crippen MR) is 136 cm³/mol. The molecule has 0 N–H and O–H groups in total. The van der Waals surface area contributed by atoms with Crippen LogP contribution >= 0.6 is 0 Å². The molecular weight excluding hydrogens is 416 g/mol. The fraction of sp³-hybridized carbons (Fsp3) is 0. The molecule has 2 heterocycles. The zero-order valence-electron chi connectivity index (χ0n) is 18.0. The number of benzene rings is 4. The molecular formula is C30H16N4. The van der Waals surface area contributed by atoms with Gasteiger partial charge in [-0.05, 0) is 61.1 Å². The summed E-state index contributed by atoms with van der Waals surface area (Å²) in [6, 6.07) is 26.9. The zero-order chi connectivity index (χ0) is 23.1. The van der Waals surface area contributed by atoms with Crippen molar-refractivity contribution in [3.8, 4) is 28.3 Å². The second kappa shape index (κ2) is 7.81. The van der Waals surface area contributed by atoms with Crippen molar-refractivity contribution in [2.24, 2.45) is 0 Å². The number of hydrogen-bond acceptors (Lipinski definition) is 3. The fourth-order valence-electron chi connectivity index (χ4n) is 4.82. The van der Waals surface area contributed by atoms with E-state index < -0.39 is 0 Å². The van der Waals surface area contributed by atoms with Gasteiger partial charge in [0.1, 0.15) is 6.07 Å². The van der Waals surface area contributed by atoms with Gasteiger partial charge >= 0.3 is 0 Å². The minimum atomic E-state index is 0.505. The van der Waals surface area contributed by atoms with Gasteiger partial charge in [0, 0.05) is 30.4 Å². The summed E-state index contributed by atoms with van der Waals surface area (Å²) in [4.78, 5) is 12.3. The summed E-state index contributed by atoms with van der Waals surface area (Å²) in [5.41, 5.74) is 4.92. The van der Waals surface area contributed by atoms with Gasteiger partial charge in [-0.1, -0.05) is 60.7 Å². The highest BCUT2D eigenvalue weighted by atomic mass is 14.7. The third kappa shape index (κ3) is 2.98. The largest absolute Gasteiger partial charge is 0.276 e. The molecule has 0 fully saturated rings. The second-order valence-electron chi connectivity index (χ2n) is 8.12. The van der Waals surface area contributed by atoms with E-state index in [1.807, 2.05) is 48.8 Å². The van der Waals surface area contributed by atoms with Gasteiger partial charge in [0.25, 0.3) is 0 Å². The van der Waals surface area contributed by atoms with E-state index >= 15 is 0 Å². The molecule has 0 aliphatic carbocycles. The third-order valence-electron chi connectivity index (χ3n) is 6.21. The summed E-state index contributed by atoms with van der Waals surface area (Å²) in [6.07, 6.45) is 6.82. The van der Waals surface area contributed by atoms with Crippen LogP contribution in [0.2, 0.25) is 0 Å². The first-order chi connectivity index (χ1) is 16.8. The molecule has 34 heavy (non-hydrogen) atoms. The Morgan fingerprint density at radius 2 is 1.35 bits per heavy atom. The van der Waals surface area contributed by atoms with Crippen LogP contribution in [-0.4, -0.2) is 9.97 Å². The molecule has 0 saturated carbocycles. The Bertz CT molecular complexity index is 1840. The number of pyridine rings is 2. The first kappa shape index (κ1) is 19.6. The van der Waals surface area contributed by atoms with Gasteiger partial charge in [-0.3, -0.25) is 9.97 Å². The van der Waals surface area contributed by atoms with E-state index in [0.717, 1.165) is 54.6 Å². The maximum atomic E-state index is 9.50. The molecule has 6 aromatic rings. The molecule has 0 aliphatic heterocycles. The number of nitrogens with zero attached hydrogens (tertiary/aromatic N) is 4. The topological polar surface area (TPSA) is 53.9 Å². The molecule has 0 unspecified atom stereocenters. The van der Waals surface area contributed by atoms with E-state index in [-0.39, 0.29) is 0 Å². The maximum Gasteiger partial charge on any atom is 0.205 e. The summed E-state index contributed by atoms with van der Waals surface area (Å²) in [6.45, 7) is 7.50. The van der Waals surface area contributed by atoms with Crippen molar-refractivity contribution in [1.29, 1.82) is 5.26 Å². The van der Waals surface area contributed by atoms with Crippen LogP contribution in [0.15, 0.2) is 97.6 Å². The smallest absolute Gasteiger partial charge is 0.205 e. The Morgan fingerprint density at radius 1 is 0.676 bits per heavy atom. The molecule has 0 radical (unpaired) electrons. The van der Waals surface area contributed by atoms with Crippen LogP contribution < -0.4 is 0 Å². The van der Waals surface area contributed by atoms with Crippen molar-refractivity contribution in [2.75, 3.05) is 0 Å². The Morgan fingerprint density at radius 3 is 2.12 bits per heavy atom. The Kier molecular flexibility index (Phi) is 4.51. The van der Waals surface area contributed by atoms with Gasteiger partial charge in [0.15, 0.2) is 0 Å². The van der Waals surface area contributed by atoms with Gasteiger partial charge in [-0.2, -0.15) is 5.26 Å². The van der Waals surface area contributed by atoms with Crippen molar-refractivity contribution in [1.82, 2.24) is 9.97 Å². The van der Waals surface area contributed by atoms with E-state index in [1.165, 1.54) is 0 Å². The van der Waals surface area contributed by atoms with Crippen molar-refractivity contribution in [2.45, 2.75) is 0 Å². The Balaban J connectivity index is 1.89. The van der Waals surface area contributed by atoms with Crippen molar-refractivity contribution in [3.05, 3.63) is 115 Å². The van der Waals surface area contributed by atoms with E-state index in [2.05, 4.69) is 57.3 Å². The SMILES string of the molecule is [C-]#[N+]c1cncc(-c2c3ccccc3c(-c3cncc(C#N)c3)c3ccc4ccccc4c23)c1. The Hall–Kier alpha value is -5.06. The Labute approximate surface area is 196 Å². The lowest BCUT2D eigenvalue weighted by Crippen LogP contribution is -1.93. The predicted octanol–water partition coefficient (Wildman–Crippen LogP) is 7.69.